The average Bonchev–Trinajstić information content (AvgIpc) is 2.32. The van der Waals surface area contributed by atoms with Crippen molar-refractivity contribution in [2.24, 2.45) is 0 Å². The van der Waals surface area contributed by atoms with Gasteiger partial charge in [0.25, 0.3) is 0 Å². The van der Waals surface area contributed by atoms with Crippen LogP contribution >= 0.6 is 35.0 Å². The Hall–Kier alpha value is -0.900. The van der Waals surface area contributed by atoms with Gasteiger partial charge in [0, 0.05) is 20.7 Å². The first kappa shape index (κ1) is 13.5. The molecule has 2 aromatic carbocycles. The molecule has 0 bridgehead atoms. The highest BCUT2D eigenvalue weighted by atomic mass is 35.5. The van der Waals surface area contributed by atoms with Crippen LogP contribution in [-0.4, -0.2) is 0 Å². The van der Waals surface area contributed by atoms with Gasteiger partial charge in [-0.1, -0.05) is 29.3 Å². The smallest absolute Gasteiger partial charge is 0.147 e. The number of rotatable bonds is 3. The lowest BCUT2D eigenvalue weighted by Gasteiger charge is -2.05. The van der Waals surface area contributed by atoms with Crippen LogP contribution in [0.5, 0.6) is 0 Å². The molecule has 0 amide bonds. The van der Waals surface area contributed by atoms with Crippen LogP contribution in [0.15, 0.2) is 41.3 Å². The summed E-state index contributed by atoms with van der Waals surface area (Å²) in [7, 11) is 0. The molecule has 0 unspecified atom stereocenters. The van der Waals surface area contributed by atoms with Gasteiger partial charge in [0.1, 0.15) is 5.82 Å². The minimum absolute atomic E-state index is 0.156. The van der Waals surface area contributed by atoms with Gasteiger partial charge in [0.2, 0.25) is 0 Å². The maximum Gasteiger partial charge on any atom is 0.147 e. The van der Waals surface area contributed by atoms with E-state index in [1.165, 1.54) is 17.8 Å². The Labute approximate surface area is 119 Å². The normalized spacial score (nSPS) is 10.6. The molecule has 0 heterocycles. The maximum absolute atomic E-state index is 13.3. The van der Waals surface area contributed by atoms with Crippen molar-refractivity contribution < 1.29 is 4.39 Å². The van der Waals surface area contributed by atoms with Gasteiger partial charge in [-0.2, -0.15) is 0 Å². The molecule has 1 nitrogen and oxygen atoms in total. The number of anilines is 1. The van der Waals surface area contributed by atoms with Crippen LogP contribution in [0.25, 0.3) is 0 Å². The Kier molecular flexibility index (Phi) is 4.38. The standard InChI is InChI=1S/C13H10Cl2FNS/c14-9-2-1-8(11(15)5-9)7-18-10-3-4-13(17)12(16)6-10/h1-6H,7,17H2. The SMILES string of the molecule is Nc1ccc(SCc2ccc(Cl)cc2Cl)cc1F. The van der Waals surface area contributed by atoms with Crippen LogP contribution in [0.1, 0.15) is 5.56 Å². The Morgan fingerprint density at radius 1 is 1.11 bits per heavy atom. The van der Waals surface area contributed by atoms with E-state index in [1.54, 1.807) is 24.3 Å². The van der Waals surface area contributed by atoms with Gasteiger partial charge >= 0.3 is 0 Å². The van der Waals surface area contributed by atoms with Crippen molar-refractivity contribution in [2.75, 3.05) is 5.73 Å². The summed E-state index contributed by atoms with van der Waals surface area (Å²) < 4.78 is 13.3. The molecule has 0 radical (unpaired) electrons. The number of halogens is 3. The van der Waals surface area contributed by atoms with Gasteiger partial charge in [0.15, 0.2) is 0 Å². The van der Waals surface area contributed by atoms with Gasteiger partial charge in [-0.05, 0) is 35.9 Å². The van der Waals surface area contributed by atoms with Crippen molar-refractivity contribution in [3.63, 3.8) is 0 Å². The fraction of sp³-hybridized carbons (Fsp3) is 0.0769. The highest BCUT2D eigenvalue weighted by molar-refractivity contribution is 7.98. The molecule has 2 aromatic rings. The van der Waals surface area contributed by atoms with Gasteiger partial charge in [0.05, 0.1) is 5.69 Å². The third kappa shape index (κ3) is 3.31. The predicted octanol–water partition coefficient (Wildman–Crippen LogP) is 5.01. The van der Waals surface area contributed by atoms with Crippen LogP contribution in [0, 0.1) is 5.82 Å². The van der Waals surface area contributed by atoms with Crippen LogP contribution in [-0.2, 0) is 5.75 Å². The van der Waals surface area contributed by atoms with Crippen molar-refractivity contribution >= 4 is 40.7 Å². The van der Waals surface area contributed by atoms with Crippen LogP contribution in [0.2, 0.25) is 10.0 Å². The van der Waals surface area contributed by atoms with E-state index in [1.807, 2.05) is 6.07 Å². The van der Waals surface area contributed by atoms with Crippen molar-refractivity contribution in [3.8, 4) is 0 Å². The zero-order valence-electron chi connectivity index (χ0n) is 9.29. The number of hydrogen-bond donors (Lipinski definition) is 1. The van der Waals surface area contributed by atoms with E-state index in [-0.39, 0.29) is 5.69 Å². The summed E-state index contributed by atoms with van der Waals surface area (Å²) >= 11 is 13.4. The molecule has 0 saturated heterocycles. The molecule has 0 aliphatic heterocycles. The third-order valence-electron chi connectivity index (χ3n) is 2.38. The first-order valence-corrected chi connectivity index (χ1v) is 6.92. The maximum atomic E-state index is 13.3. The Bertz CT molecular complexity index is 575. The van der Waals surface area contributed by atoms with Gasteiger partial charge in [-0.3, -0.25) is 0 Å². The summed E-state index contributed by atoms with van der Waals surface area (Å²) in [6.45, 7) is 0. The molecule has 2 N–H and O–H groups in total. The first-order chi connectivity index (χ1) is 8.56. The lowest BCUT2D eigenvalue weighted by Crippen LogP contribution is -1.90. The monoisotopic (exact) mass is 301 g/mol. The molecule has 0 saturated carbocycles. The van der Waals surface area contributed by atoms with E-state index in [2.05, 4.69) is 0 Å². The second-order valence-corrected chi connectivity index (χ2v) is 5.60. The predicted molar refractivity (Wildman–Crippen MR) is 76.8 cm³/mol. The largest absolute Gasteiger partial charge is 0.396 e. The molecule has 94 valence electrons. The molecular formula is C13H10Cl2FNS. The second-order valence-electron chi connectivity index (χ2n) is 3.71. The molecule has 2 rings (SSSR count). The van der Waals surface area contributed by atoms with Gasteiger partial charge < -0.3 is 5.73 Å². The number of benzene rings is 2. The van der Waals surface area contributed by atoms with E-state index in [0.29, 0.717) is 15.8 Å². The topological polar surface area (TPSA) is 26.0 Å². The van der Waals surface area contributed by atoms with Crippen molar-refractivity contribution in [1.29, 1.82) is 0 Å². The lowest BCUT2D eigenvalue weighted by molar-refractivity contribution is 0.629. The average molecular weight is 302 g/mol. The molecule has 0 fully saturated rings. The highest BCUT2D eigenvalue weighted by Gasteiger charge is 2.04. The third-order valence-corrected chi connectivity index (χ3v) is 4.01. The molecule has 0 spiro atoms. The van der Waals surface area contributed by atoms with Crippen molar-refractivity contribution in [2.45, 2.75) is 10.6 Å². The quantitative estimate of drug-likeness (QED) is 0.637. The fourth-order valence-electron chi connectivity index (χ4n) is 1.40. The number of nitrogens with two attached hydrogens (primary N) is 1. The van der Waals surface area contributed by atoms with E-state index < -0.39 is 5.82 Å². The lowest BCUT2D eigenvalue weighted by atomic mass is 10.2. The summed E-state index contributed by atoms with van der Waals surface area (Å²) in [5, 5.41) is 1.22. The Balaban J connectivity index is 2.09. The van der Waals surface area contributed by atoms with E-state index in [9.17, 15) is 4.39 Å². The second kappa shape index (κ2) is 5.83. The highest BCUT2D eigenvalue weighted by Crippen LogP contribution is 2.29. The molecule has 0 aliphatic carbocycles. The van der Waals surface area contributed by atoms with E-state index in [0.717, 1.165) is 10.5 Å². The van der Waals surface area contributed by atoms with Gasteiger partial charge in [-0.15, -0.1) is 11.8 Å². The Morgan fingerprint density at radius 2 is 1.89 bits per heavy atom. The first-order valence-electron chi connectivity index (χ1n) is 5.18. The minimum Gasteiger partial charge on any atom is -0.396 e. The van der Waals surface area contributed by atoms with E-state index in [4.69, 9.17) is 28.9 Å². The van der Waals surface area contributed by atoms with Gasteiger partial charge in [-0.25, -0.2) is 4.39 Å². The van der Waals surface area contributed by atoms with Crippen LogP contribution < -0.4 is 5.73 Å². The summed E-state index contributed by atoms with van der Waals surface area (Å²) in [6, 6.07) is 10.1. The number of thioether (sulfide) groups is 1. The van der Waals surface area contributed by atoms with Crippen molar-refractivity contribution in [1.82, 2.24) is 0 Å². The zero-order valence-corrected chi connectivity index (χ0v) is 11.6. The fourth-order valence-corrected chi connectivity index (χ4v) is 2.88. The summed E-state index contributed by atoms with van der Waals surface area (Å²) in [6.07, 6.45) is 0. The molecule has 0 aliphatic rings. The summed E-state index contributed by atoms with van der Waals surface area (Å²) in [5.74, 6) is 0.251. The molecule has 0 atom stereocenters. The number of nitrogen functional groups attached to an aromatic ring is 1. The molecule has 18 heavy (non-hydrogen) atoms. The summed E-state index contributed by atoms with van der Waals surface area (Å²) in [4.78, 5) is 0.813. The number of hydrogen-bond acceptors (Lipinski definition) is 2. The zero-order chi connectivity index (χ0) is 13.1. The minimum atomic E-state index is -0.401. The van der Waals surface area contributed by atoms with E-state index >= 15 is 0 Å². The van der Waals surface area contributed by atoms with Crippen LogP contribution in [0.4, 0.5) is 10.1 Å². The van der Waals surface area contributed by atoms with Crippen LogP contribution in [0.3, 0.4) is 0 Å². The van der Waals surface area contributed by atoms with Crippen molar-refractivity contribution in [3.05, 3.63) is 57.8 Å². The molecular weight excluding hydrogens is 292 g/mol. The Morgan fingerprint density at radius 3 is 2.56 bits per heavy atom. The molecule has 0 aromatic heterocycles. The summed E-state index contributed by atoms with van der Waals surface area (Å²) in [5.41, 5.74) is 6.53. The molecule has 5 heteroatoms.